The van der Waals surface area contributed by atoms with Gasteiger partial charge in [0.15, 0.2) is 0 Å². The van der Waals surface area contributed by atoms with Crippen molar-refractivity contribution >= 4 is 33.4 Å². The second kappa shape index (κ2) is 8.83. The third kappa shape index (κ3) is 3.19. The van der Waals surface area contributed by atoms with E-state index in [1.165, 1.54) is 0 Å². The number of H-pyrrole nitrogens is 2. The molecule has 0 saturated carbocycles. The number of benzene rings is 5. The van der Waals surface area contributed by atoms with Crippen molar-refractivity contribution in [2.45, 2.75) is 5.41 Å². The second-order valence-electron chi connectivity index (χ2n) is 10.7. The smallest absolute Gasteiger partial charge is 0.246 e. The van der Waals surface area contributed by atoms with Crippen molar-refractivity contribution in [3.63, 3.8) is 0 Å². The Kier molecular flexibility index (Phi) is 5.07. The Morgan fingerprint density at radius 1 is 0.537 bits per heavy atom. The Hall–Kier alpha value is -5.35. The van der Waals surface area contributed by atoms with Crippen LogP contribution in [0.4, 0.5) is 5.69 Å². The molecule has 1 aliphatic rings. The summed E-state index contributed by atoms with van der Waals surface area (Å²) in [6, 6.07) is 45.6. The molecule has 8 rings (SSSR count). The summed E-state index contributed by atoms with van der Waals surface area (Å²) in [6.07, 6.45) is 0. The van der Waals surface area contributed by atoms with E-state index in [2.05, 4.69) is 107 Å². The molecule has 5 aromatic carbocycles. The maximum atomic E-state index is 15.2. The van der Waals surface area contributed by atoms with Crippen LogP contribution < -0.4 is 4.90 Å². The normalized spacial score (nSPS) is 14.2. The first kappa shape index (κ1) is 23.5. The molecule has 2 aromatic heterocycles. The van der Waals surface area contributed by atoms with Crippen LogP contribution in [0.5, 0.6) is 0 Å². The molecule has 7 aromatic rings. The quantitative estimate of drug-likeness (QED) is 0.237. The van der Waals surface area contributed by atoms with Gasteiger partial charge in [0.1, 0.15) is 5.41 Å². The predicted molar refractivity (Wildman–Crippen MR) is 167 cm³/mol. The van der Waals surface area contributed by atoms with Gasteiger partial charge in [0, 0.05) is 51.2 Å². The summed E-state index contributed by atoms with van der Waals surface area (Å²) in [4.78, 5) is 24.5. The Morgan fingerprint density at radius 2 is 0.976 bits per heavy atom. The van der Waals surface area contributed by atoms with Crippen molar-refractivity contribution in [2.24, 2.45) is 0 Å². The zero-order valence-corrected chi connectivity index (χ0v) is 22.6. The monoisotopic (exact) mass is 529 g/mol. The van der Waals surface area contributed by atoms with Gasteiger partial charge in [0.2, 0.25) is 5.91 Å². The molecule has 4 heteroatoms. The highest BCUT2D eigenvalue weighted by atomic mass is 16.2. The number of rotatable bonds is 4. The molecule has 2 N–H and O–H groups in total. The van der Waals surface area contributed by atoms with Crippen LogP contribution >= 0.6 is 0 Å². The van der Waals surface area contributed by atoms with Crippen LogP contribution in [0.3, 0.4) is 0 Å². The summed E-state index contributed by atoms with van der Waals surface area (Å²) in [7, 11) is 1.90. The molecule has 0 spiro atoms. The highest BCUT2D eigenvalue weighted by Crippen LogP contribution is 2.57. The number of anilines is 1. The van der Waals surface area contributed by atoms with E-state index < -0.39 is 5.41 Å². The van der Waals surface area contributed by atoms with Gasteiger partial charge < -0.3 is 14.9 Å². The summed E-state index contributed by atoms with van der Waals surface area (Å²) >= 11 is 0. The summed E-state index contributed by atoms with van der Waals surface area (Å²) in [5.41, 5.74) is 8.72. The molecule has 0 saturated heterocycles. The van der Waals surface area contributed by atoms with Gasteiger partial charge in [-0.05, 0) is 29.3 Å². The lowest BCUT2D eigenvalue weighted by Gasteiger charge is -2.31. The van der Waals surface area contributed by atoms with E-state index in [0.29, 0.717) is 0 Å². The van der Waals surface area contributed by atoms with Crippen molar-refractivity contribution in [1.82, 2.24) is 9.97 Å². The number of hydrogen-bond donors (Lipinski definition) is 2. The lowest BCUT2D eigenvalue weighted by atomic mass is 9.67. The van der Waals surface area contributed by atoms with Crippen LogP contribution in [-0.4, -0.2) is 22.9 Å². The van der Waals surface area contributed by atoms with E-state index in [4.69, 9.17) is 0 Å². The number of para-hydroxylation sites is 3. The van der Waals surface area contributed by atoms with Crippen molar-refractivity contribution in [2.75, 3.05) is 11.9 Å². The second-order valence-corrected chi connectivity index (χ2v) is 10.7. The van der Waals surface area contributed by atoms with E-state index >= 15 is 4.79 Å². The van der Waals surface area contributed by atoms with E-state index in [1.807, 2.05) is 48.3 Å². The Morgan fingerprint density at radius 3 is 1.51 bits per heavy atom. The molecule has 41 heavy (non-hydrogen) atoms. The first-order valence-corrected chi connectivity index (χ1v) is 13.9. The lowest BCUT2D eigenvalue weighted by Crippen LogP contribution is -2.41. The Balaban J connectivity index is 1.63. The number of fused-ring (bicyclic) bond motifs is 3. The third-order valence-electron chi connectivity index (χ3n) is 8.58. The average Bonchev–Trinajstić information content (AvgIpc) is 3.68. The number of likely N-dealkylation sites (N-methyl/N-ethyl adjacent to an activating group) is 1. The van der Waals surface area contributed by atoms with E-state index in [9.17, 15) is 0 Å². The minimum Gasteiger partial charge on any atom is -0.354 e. The molecular weight excluding hydrogens is 502 g/mol. The van der Waals surface area contributed by atoms with Crippen LogP contribution in [0.15, 0.2) is 133 Å². The number of carbonyl (C=O) groups excluding carboxylic acids is 1. The van der Waals surface area contributed by atoms with E-state index in [1.54, 1.807) is 0 Å². The number of nitrogens with one attached hydrogen (secondary N) is 2. The van der Waals surface area contributed by atoms with Crippen LogP contribution in [0.25, 0.3) is 44.3 Å². The Labute approximate surface area is 237 Å². The van der Waals surface area contributed by atoms with E-state index in [0.717, 1.165) is 66.7 Å². The molecule has 0 fully saturated rings. The number of hydrogen-bond acceptors (Lipinski definition) is 1. The summed E-state index contributed by atoms with van der Waals surface area (Å²) in [5.74, 6) is 0.0302. The number of aromatic amines is 2. The fourth-order valence-corrected chi connectivity index (χ4v) is 6.87. The van der Waals surface area contributed by atoms with Crippen molar-refractivity contribution in [1.29, 1.82) is 0 Å². The van der Waals surface area contributed by atoms with Gasteiger partial charge >= 0.3 is 0 Å². The molecule has 0 aliphatic carbocycles. The molecule has 1 aliphatic heterocycles. The van der Waals surface area contributed by atoms with Crippen molar-refractivity contribution in [3.05, 3.63) is 150 Å². The Bertz CT molecular complexity index is 1970. The van der Waals surface area contributed by atoms with Gasteiger partial charge in [-0.3, -0.25) is 4.79 Å². The number of aromatic nitrogens is 2. The van der Waals surface area contributed by atoms with E-state index in [-0.39, 0.29) is 5.91 Å². The van der Waals surface area contributed by atoms with Gasteiger partial charge in [0.25, 0.3) is 0 Å². The molecule has 0 radical (unpaired) electrons. The first-order valence-electron chi connectivity index (χ1n) is 13.9. The molecule has 3 heterocycles. The van der Waals surface area contributed by atoms with Crippen LogP contribution in [0, 0.1) is 0 Å². The summed E-state index contributed by atoms with van der Waals surface area (Å²) in [6.45, 7) is 0. The largest absolute Gasteiger partial charge is 0.354 e. The number of nitrogens with zero attached hydrogens (tertiary/aromatic N) is 1. The average molecular weight is 530 g/mol. The summed E-state index contributed by atoms with van der Waals surface area (Å²) < 4.78 is 0. The highest BCUT2D eigenvalue weighted by molar-refractivity contribution is 6.19. The van der Waals surface area contributed by atoms with Crippen LogP contribution in [-0.2, 0) is 10.2 Å². The topological polar surface area (TPSA) is 51.9 Å². The fraction of sp³-hybridized carbons (Fsp3) is 0.0541. The van der Waals surface area contributed by atoms with Gasteiger partial charge in [0.05, 0.1) is 11.4 Å². The summed E-state index contributed by atoms with van der Waals surface area (Å²) in [5, 5.41) is 2.07. The predicted octanol–water partition coefficient (Wildman–Crippen LogP) is 8.29. The van der Waals surface area contributed by atoms with Gasteiger partial charge in [-0.1, -0.05) is 115 Å². The maximum absolute atomic E-state index is 15.2. The minimum atomic E-state index is -1.12. The molecule has 0 bridgehead atoms. The van der Waals surface area contributed by atoms with Gasteiger partial charge in [-0.15, -0.1) is 0 Å². The minimum absolute atomic E-state index is 0.0302. The molecule has 4 nitrogen and oxygen atoms in total. The third-order valence-corrected chi connectivity index (χ3v) is 8.58. The SMILES string of the molecule is CN1C(=O)C(c2c(-c3ccccc3)[nH]c3ccccc23)(c2c(-c3ccccc3)[nH]c3ccccc23)c2ccccc21. The van der Waals surface area contributed by atoms with Crippen molar-refractivity contribution in [3.8, 4) is 22.5 Å². The maximum Gasteiger partial charge on any atom is 0.246 e. The first-order chi connectivity index (χ1) is 20.2. The zero-order chi connectivity index (χ0) is 27.6. The molecule has 0 unspecified atom stereocenters. The lowest BCUT2D eigenvalue weighted by molar-refractivity contribution is -0.120. The molecule has 0 atom stereocenters. The standard InChI is InChI=1S/C37H27N3O/c1-40-31-23-13-10-20-28(31)37(36(40)41,32-26-18-8-11-21-29(26)38-34(32)24-14-4-2-5-15-24)33-27-19-9-12-22-30(27)39-35(33)25-16-6-3-7-17-25/h2-23,38-39H,1H3. The highest BCUT2D eigenvalue weighted by Gasteiger charge is 2.56. The van der Waals surface area contributed by atoms with Crippen LogP contribution in [0.1, 0.15) is 16.7 Å². The van der Waals surface area contributed by atoms with Gasteiger partial charge in [-0.25, -0.2) is 0 Å². The van der Waals surface area contributed by atoms with Crippen molar-refractivity contribution < 1.29 is 4.79 Å². The zero-order valence-electron chi connectivity index (χ0n) is 22.6. The van der Waals surface area contributed by atoms with Crippen LogP contribution in [0.2, 0.25) is 0 Å². The molecule has 1 amide bonds. The number of amides is 1. The number of carbonyl (C=O) groups is 1. The fourth-order valence-electron chi connectivity index (χ4n) is 6.87. The van der Waals surface area contributed by atoms with Gasteiger partial charge in [-0.2, -0.15) is 0 Å². The molecular formula is C37H27N3O. The molecule has 196 valence electrons.